The van der Waals surface area contributed by atoms with E-state index in [1.54, 1.807) is 0 Å². The van der Waals surface area contributed by atoms with Crippen LogP contribution in [-0.4, -0.2) is 17.6 Å². The maximum Gasteiger partial charge on any atom is 0.339 e. The van der Waals surface area contributed by atoms with Gasteiger partial charge in [-0.1, -0.05) is 26.2 Å². The minimum atomic E-state index is -0.527. The fourth-order valence-corrected chi connectivity index (χ4v) is 1.30. The Morgan fingerprint density at radius 1 is 1.38 bits per heavy atom. The van der Waals surface area contributed by atoms with Crippen molar-refractivity contribution in [3.05, 3.63) is 29.8 Å². The van der Waals surface area contributed by atoms with E-state index in [0.717, 1.165) is 37.9 Å². The molecule has 0 radical (unpaired) electrons. The van der Waals surface area contributed by atoms with Crippen LogP contribution in [0.15, 0.2) is 18.5 Å². The quantitative estimate of drug-likeness (QED) is 0.552. The third-order valence-electron chi connectivity index (χ3n) is 2.17. The first-order valence-electron chi connectivity index (χ1n) is 5.51. The Morgan fingerprint density at radius 3 is 2.88 bits per heavy atom. The number of pyridine rings is 1. The number of halogens is 1. The van der Waals surface area contributed by atoms with Crippen LogP contribution < -0.4 is 0 Å². The lowest BCUT2D eigenvalue weighted by molar-refractivity contribution is 0.0496. The maximum atomic E-state index is 12.7. The van der Waals surface area contributed by atoms with Crippen LogP contribution in [0, 0.1) is 5.82 Å². The summed E-state index contributed by atoms with van der Waals surface area (Å²) >= 11 is 0. The molecular weight excluding hydrogens is 209 g/mol. The smallest absolute Gasteiger partial charge is 0.339 e. The molecule has 0 aromatic carbocycles. The van der Waals surface area contributed by atoms with Gasteiger partial charge in [-0.15, -0.1) is 0 Å². The van der Waals surface area contributed by atoms with Gasteiger partial charge in [0, 0.05) is 6.20 Å². The normalized spacial score (nSPS) is 10.1. The molecule has 1 rings (SSSR count). The van der Waals surface area contributed by atoms with Crippen LogP contribution in [0.25, 0.3) is 0 Å². The molecule has 0 saturated carbocycles. The maximum absolute atomic E-state index is 12.7. The Morgan fingerprint density at radius 2 is 2.19 bits per heavy atom. The molecule has 0 aliphatic rings. The number of hydrogen-bond donors (Lipinski definition) is 0. The van der Waals surface area contributed by atoms with Crippen molar-refractivity contribution in [3.63, 3.8) is 0 Å². The number of unbranched alkanes of at least 4 members (excludes halogenated alkanes) is 3. The van der Waals surface area contributed by atoms with E-state index >= 15 is 0 Å². The topological polar surface area (TPSA) is 39.2 Å². The highest BCUT2D eigenvalue weighted by Crippen LogP contribution is 2.04. The molecule has 0 spiro atoms. The molecule has 1 heterocycles. The molecule has 4 heteroatoms. The van der Waals surface area contributed by atoms with Gasteiger partial charge in [0.15, 0.2) is 0 Å². The zero-order chi connectivity index (χ0) is 11.8. The van der Waals surface area contributed by atoms with Gasteiger partial charge >= 0.3 is 5.97 Å². The van der Waals surface area contributed by atoms with Crippen molar-refractivity contribution in [2.24, 2.45) is 0 Å². The van der Waals surface area contributed by atoms with Gasteiger partial charge < -0.3 is 4.74 Å². The highest BCUT2D eigenvalue weighted by atomic mass is 19.1. The first kappa shape index (κ1) is 12.6. The zero-order valence-electron chi connectivity index (χ0n) is 9.41. The van der Waals surface area contributed by atoms with E-state index in [9.17, 15) is 9.18 Å². The van der Waals surface area contributed by atoms with Gasteiger partial charge in [-0.05, 0) is 12.5 Å². The van der Waals surface area contributed by atoms with Gasteiger partial charge in [-0.2, -0.15) is 0 Å². The molecule has 0 amide bonds. The summed E-state index contributed by atoms with van der Waals surface area (Å²) in [5, 5.41) is 0. The monoisotopic (exact) mass is 225 g/mol. The summed E-state index contributed by atoms with van der Waals surface area (Å²) in [6.45, 7) is 2.50. The van der Waals surface area contributed by atoms with E-state index in [2.05, 4.69) is 11.9 Å². The van der Waals surface area contributed by atoms with Gasteiger partial charge in [0.05, 0.1) is 18.4 Å². The Kier molecular flexibility index (Phi) is 5.46. The van der Waals surface area contributed by atoms with Crippen LogP contribution in [0.5, 0.6) is 0 Å². The van der Waals surface area contributed by atoms with Gasteiger partial charge in [0.25, 0.3) is 0 Å². The van der Waals surface area contributed by atoms with Crippen LogP contribution >= 0.6 is 0 Å². The fraction of sp³-hybridized carbons (Fsp3) is 0.500. The predicted molar refractivity (Wildman–Crippen MR) is 58.6 cm³/mol. The molecule has 0 unspecified atom stereocenters. The minimum absolute atomic E-state index is 0.162. The van der Waals surface area contributed by atoms with Crippen molar-refractivity contribution in [2.45, 2.75) is 32.6 Å². The van der Waals surface area contributed by atoms with E-state index in [0.29, 0.717) is 6.61 Å². The number of carbonyl (C=O) groups is 1. The largest absolute Gasteiger partial charge is 0.462 e. The third-order valence-corrected chi connectivity index (χ3v) is 2.17. The standard InChI is InChI=1S/C12H16FNO2/c1-2-3-4-5-6-16-12(15)10-7-11(13)9-14-8-10/h7-9H,2-6H2,1H3. The number of nitrogens with zero attached hydrogens (tertiary/aromatic N) is 1. The van der Waals surface area contributed by atoms with Crippen molar-refractivity contribution < 1.29 is 13.9 Å². The molecule has 0 fully saturated rings. The number of rotatable bonds is 6. The Labute approximate surface area is 94.6 Å². The number of carbonyl (C=O) groups excluding carboxylic acids is 1. The number of esters is 1. The fourth-order valence-electron chi connectivity index (χ4n) is 1.30. The molecule has 1 aromatic heterocycles. The van der Waals surface area contributed by atoms with Gasteiger partial charge in [0.2, 0.25) is 0 Å². The third kappa shape index (κ3) is 4.38. The highest BCUT2D eigenvalue weighted by Gasteiger charge is 2.07. The summed E-state index contributed by atoms with van der Waals surface area (Å²) in [6.07, 6.45) is 6.53. The molecule has 0 N–H and O–H groups in total. The lowest BCUT2D eigenvalue weighted by atomic mass is 10.2. The van der Waals surface area contributed by atoms with Crippen LogP contribution in [0.4, 0.5) is 4.39 Å². The lowest BCUT2D eigenvalue weighted by Crippen LogP contribution is -2.07. The highest BCUT2D eigenvalue weighted by molar-refractivity contribution is 5.88. The minimum Gasteiger partial charge on any atom is -0.462 e. The van der Waals surface area contributed by atoms with Gasteiger partial charge in [-0.3, -0.25) is 4.98 Å². The predicted octanol–water partition coefficient (Wildman–Crippen LogP) is 2.96. The van der Waals surface area contributed by atoms with E-state index < -0.39 is 11.8 Å². The van der Waals surface area contributed by atoms with Crippen LogP contribution in [0.2, 0.25) is 0 Å². The first-order valence-corrected chi connectivity index (χ1v) is 5.51. The molecular formula is C12H16FNO2. The molecule has 16 heavy (non-hydrogen) atoms. The Bertz CT molecular complexity index is 342. The van der Waals surface area contributed by atoms with Crippen molar-refractivity contribution in [2.75, 3.05) is 6.61 Å². The lowest BCUT2D eigenvalue weighted by Gasteiger charge is -2.03. The summed E-state index contributed by atoms with van der Waals surface area (Å²) < 4.78 is 17.7. The molecule has 1 aromatic rings. The average Bonchev–Trinajstić information content (AvgIpc) is 2.28. The van der Waals surface area contributed by atoms with E-state index in [1.807, 2.05) is 0 Å². The molecule has 0 aliphatic carbocycles. The van der Waals surface area contributed by atoms with Crippen molar-refractivity contribution >= 4 is 5.97 Å². The number of aromatic nitrogens is 1. The van der Waals surface area contributed by atoms with Gasteiger partial charge in [0.1, 0.15) is 5.82 Å². The second-order valence-corrected chi connectivity index (χ2v) is 3.59. The Balaban J connectivity index is 2.30. The summed E-state index contributed by atoms with van der Waals surface area (Å²) in [6, 6.07) is 1.13. The second-order valence-electron chi connectivity index (χ2n) is 3.59. The SMILES string of the molecule is CCCCCCOC(=O)c1cncc(F)c1. The second kappa shape index (κ2) is 6.93. The summed E-state index contributed by atoms with van der Waals surface area (Å²) in [5.41, 5.74) is 0.162. The van der Waals surface area contributed by atoms with Crippen LogP contribution in [0.1, 0.15) is 43.0 Å². The summed E-state index contributed by atoms with van der Waals surface area (Å²) in [4.78, 5) is 15.0. The molecule has 88 valence electrons. The van der Waals surface area contributed by atoms with E-state index in [-0.39, 0.29) is 5.56 Å². The number of ether oxygens (including phenoxy) is 1. The van der Waals surface area contributed by atoms with Crippen LogP contribution in [0.3, 0.4) is 0 Å². The molecule has 0 saturated heterocycles. The molecule has 0 atom stereocenters. The molecule has 0 aliphatic heterocycles. The van der Waals surface area contributed by atoms with Crippen molar-refractivity contribution in [1.29, 1.82) is 0 Å². The Hall–Kier alpha value is -1.45. The molecule has 0 bridgehead atoms. The van der Waals surface area contributed by atoms with E-state index in [4.69, 9.17) is 4.74 Å². The number of hydrogen-bond acceptors (Lipinski definition) is 3. The summed E-state index contributed by atoms with van der Waals surface area (Å²) in [5.74, 6) is -1.04. The van der Waals surface area contributed by atoms with Crippen molar-refractivity contribution in [3.8, 4) is 0 Å². The van der Waals surface area contributed by atoms with Crippen molar-refractivity contribution in [1.82, 2.24) is 4.98 Å². The summed E-state index contributed by atoms with van der Waals surface area (Å²) in [7, 11) is 0. The zero-order valence-corrected chi connectivity index (χ0v) is 9.41. The first-order chi connectivity index (χ1) is 7.74. The van der Waals surface area contributed by atoms with E-state index in [1.165, 1.54) is 6.20 Å². The average molecular weight is 225 g/mol. The van der Waals surface area contributed by atoms with Crippen LogP contribution in [-0.2, 0) is 4.74 Å². The van der Waals surface area contributed by atoms with Gasteiger partial charge in [-0.25, -0.2) is 9.18 Å². The molecule has 3 nitrogen and oxygen atoms in total.